The Balaban J connectivity index is 2.24. The van der Waals surface area contributed by atoms with Crippen molar-refractivity contribution in [3.63, 3.8) is 0 Å². The molecule has 0 heterocycles. The van der Waals surface area contributed by atoms with Crippen LogP contribution in [0.4, 0.5) is 0 Å². The van der Waals surface area contributed by atoms with E-state index in [-0.39, 0.29) is 5.97 Å². The predicted octanol–water partition coefficient (Wildman–Crippen LogP) is 3.05. The zero-order chi connectivity index (χ0) is 13.2. The molecule has 1 N–H and O–H groups in total. The minimum absolute atomic E-state index is 0.245. The predicted molar refractivity (Wildman–Crippen MR) is 74.4 cm³/mol. The summed E-state index contributed by atoms with van der Waals surface area (Å²) in [4.78, 5) is 11.1. The highest BCUT2D eigenvalue weighted by atomic mass is 16.5. The quantitative estimate of drug-likeness (QED) is 0.560. The van der Waals surface area contributed by atoms with Gasteiger partial charge in [0.25, 0.3) is 0 Å². The summed E-state index contributed by atoms with van der Waals surface area (Å²) in [5.74, 6) is 0.574. The van der Waals surface area contributed by atoms with Gasteiger partial charge in [0.2, 0.25) is 0 Å². The highest BCUT2D eigenvalue weighted by molar-refractivity contribution is 5.81. The van der Waals surface area contributed by atoms with E-state index >= 15 is 0 Å². The van der Waals surface area contributed by atoms with Gasteiger partial charge in [-0.2, -0.15) is 0 Å². The number of ether oxygens (including phenoxy) is 1. The molecular weight excluding hydrogens is 226 g/mol. The fourth-order valence-electron chi connectivity index (χ4n) is 2.75. The normalized spacial score (nSPS) is 19.0. The molecule has 1 aliphatic rings. The number of rotatable bonds is 7. The summed E-state index contributed by atoms with van der Waals surface area (Å²) in [5, 5.41) is 3.54. The highest BCUT2D eigenvalue weighted by Crippen LogP contribution is 2.27. The van der Waals surface area contributed by atoms with Crippen LogP contribution >= 0.6 is 0 Å². The molecule has 0 aliphatic heterocycles. The van der Waals surface area contributed by atoms with E-state index in [0.717, 1.165) is 18.9 Å². The van der Waals surface area contributed by atoms with Gasteiger partial charge in [-0.25, -0.2) is 4.79 Å². The first kappa shape index (κ1) is 15.2. The van der Waals surface area contributed by atoms with Gasteiger partial charge in [0.15, 0.2) is 0 Å². The molecule has 1 saturated carbocycles. The fourth-order valence-corrected chi connectivity index (χ4v) is 2.75. The van der Waals surface area contributed by atoms with Crippen LogP contribution in [-0.4, -0.2) is 25.2 Å². The molecule has 1 unspecified atom stereocenters. The molecule has 0 bridgehead atoms. The monoisotopic (exact) mass is 253 g/mol. The van der Waals surface area contributed by atoms with E-state index in [2.05, 4.69) is 12.2 Å². The molecule has 1 atom stereocenters. The Morgan fingerprint density at radius 1 is 1.33 bits per heavy atom. The first-order valence-electron chi connectivity index (χ1n) is 7.34. The van der Waals surface area contributed by atoms with E-state index in [1.165, 1.54) is 38.2 Å². The maximum atomic E-state index is 11.1. The van der Waals surface area contributed by atoms with Gasteiger partial charge >= 0.3 is 5.97 Å². The molecular formula is C15H27NO2. The van der Waals surface area contributed by atoms with Crippen molar-refractivity contribution in [2.75, 3.05) is 13.2 Å². The topological polar surface area (TPSA) is 38.3 Å². The number of carbonyl (C=O) groups is 1. The summed E-state index contributed by atoms with van der Waals surface area (Å²) in [6.45, 7) is 5.26. The maximum Gasteiger partial charge on any atom is 0.330 e. The Hall–Kier alpha value is -0.830. The Morgan fingerprint density at radius 3 is 2.67 bits per heavy atom. The molecule has 1 fully saturated rings. The van der Waals surface area contributed by atoms with Gasteiger partial charge in [0.05, 0.1) is 6.61 Å². The van der Waals surface area contributed by atoms with Crippen LogP contribution in [0.5, 0.6) is 0 Å². The molecule has 0 aromatic heterocycles. The van der Waals surface area contributed by atoms with E-state index in [4.69, 9.17) is 4.74 Å². The average Bonchev–Trinajstić information content (AvgIpc) is 2.40. The minimum Gasteiger partial charge on any atom is -0.463 e. The van der Waals surface area contributed by atoms with Crippen molar-refractivity contribution in [3.8, 4) is 0 Å². The Kier molecular flexibility index (Phi) is 7.74. The van der Waals surface area contributed by atoms with Crippen LogP contribution in [0.25, 0.3) is 0 Å². The molecule has 3 nitrogen and oxygen atoms in total. The van der Waals surface area contributed by atoms with Crippen LogP contribution in [-0.2, 0) is 9.53 Å². The molecule has 0 aromatic carbocycles. The van der Waals surface area contributed by atoms with Crippen molar-refractivity contribution in [1.29, 1.82) is 0 Å². The summed E-state index contributed by atoms with van der Waals surface area (Å²) in [6.07, 6.45) is 11.4. The number of nitrogens with one attached hydrogen (secondary N) is 1. The van der Waals surface area contributed by atoms with Crippen molar-refractivity contribution >= 4 is 5.97 Å². The van der Waals surface area contributed by atoms with Crippen LogP contribution in [0.15, 0.2) is 12.2 Å². The Morgan fingerprint density at radius 2 is 2.06 bits per heavy atom. The first-order valence-corrected chi connectivity index (χ1v) is 7.34. The van der Waals surface area contributed by atoms with Crippen molar-refractivity contribution in [2.45, 2.75) is 58.4 Å². The second kappa shape index (κ2) is 9.15. The molecule has 1 rings (SSSR count). The van der Waals surface area contributed by atoms with Gasteiger partial charge in [-0.3, -0.25) is 0 Å². The summed E-state index contributed by atoms with van der Waals surface area (Å²) < 4.78 is 4.84. The molecule has 1 aliphatic carbocycles. The van der Waals surface area contributed by atoms with Gasteiger partial charge in [-0.1, -0.05) is 32.3 Å². The van der Waals surface area contributed by atoms with Crippen LogP contribution in [0, 0.1) is 5.92 Å². The first-order chi connectivity index (χ1) is 8.77. The smallest absolute Gasteiger partial charge is 0.330 e. The zero-order valence-electron chi connectivity index (χ0n) is 11.8. The second-order valence-corrected chi connectivity index (χ2v) is 4.98. The molecule has 3 heteroatoms. The molecule has 0 spiro atoms. The average molecular weight is 253 g/mol. The lowest BCUT2D eigenvalue weighted by Gasteiger charge is -2.30. The lowest BCUT2D eigenvalue weighted by molar-refractivity contribution is -0.137. The Labute approximate surface area is 111 Å². The van der Waals surface area contributed by atoms with Gasteiger partial charge < -0.3 is 10.1 Å². The lowest BCUT2D eigenvalue weighted by Crippen LogP contribution is -2.36. The van der Waals surface area contributed by atoms with E-state index in [1.54, 1.807) is 0 Å². The maximum absolute atomic E-state index is 11.1. The molecule has 0 saturated heterocycles. The third-order valence-corrected chi connectivity index (χ3v) is 3.70. The van der Waals surface area contributed by atoms with Crippen LogP contribution < -0.4 is 5.32 Å². The molecule has 104 valence electrons. The van der Waals surface area contributed by atoms with E-state index < -0.39 is 0 Å². The van der Waals surface area contributed by atoms with Crippen molar-refractivity contribution in [2.24, 2.45) is 5.92 Å². The molecule has 0 radical (unpaired) electrons. The van der Waals surface area contributed by atoms with Gasteiger partial charge in [0.1, 0.15) is 0 Å². The highest BCUT2D eigenvalue weighted by Gasteiger charge is 2.21. The molecule has 0 amide bonds. The summed E-state index contributed by atoms with van der Waals surface area (Å²) in [7, 11) is 0. The van der Waals surface area contributed by atoms with E-state index in [9.17, 15) is 4.79 Å². The number of esters is 1. The van der Waals surface area contributed by atoms with E-state index in [1.807, 2.05) is 13.0 Å². The van der Waals surface area contributed by atoms with Crippen molar-refractivity contribution in [3.05, 3.63) is 12.2 Å². The molecule has 18 heavy (non-hydrogen) atoms. The molecule has 0 aromatic rings. The van der Waals surface area contributed by atoms with Gasteiger partial charge in [-0.15, -0.1) is 0 Å². The standard InChI is InChI=1S/C15H27NO2/c1-3-14(13-9-6-5-7-10-13)16-12-8-11-15(17)18-4-2/h8,11,13-14,16H,3-7,9-10,12H2,1-2H3/b11-8+. The zero-order valence-corrected chi connectivity index (χ0v) is 11.8. The second-order valence-electron chi connectivity index (χ2n) is 4.98. The van der Waals surface area contributed by atoms with Crippen LogP contribution in [0.2, 0.25) is 0 Å². The van der Waals surface area contributed by atoms with Crippen LogP contribution in [0.1, 0.15) is 52.4 Å². The van der Waals surface area contributed by atoms with Crippen molar-refractivity contribution in [1.82, 2.24) is 5.32 Å². The van der Waals surface area contributed by atoms with Crippen LogP contribution in [0.3, 0.4) is 0 Å². The SMILES string of the molecule is CCOC(=O)/C=C/CNC(CC)C1CCCCC1. The number of hydrogen-bond acceptors (Lipinski definition) is 3. The summed E-state index contributed by atoms with van der Waals surface area (Å²) in [6, 6.07) is 0.595. The third kappa shape index (κ3) is 5.67. The van der Waals surface area contributed by atoms with Gasteiger partial charge in [0, 0.05) is 18.7 Å². The van der Waals surface area contributed by atoms with Gasteiger partial charge in [-0.05, 0) is 32.1 Å². The Bertz CT molecular complexity index is 257. The number of hydrogen-bond donors (Lipinski definition) is 1. The largest absolute Gasteiger partial charge is 0.463 e. The number of carbonyl (C=O) groups excluding carboxylic acids is 1. The minimum atomic E-state index is -0.245. The lowest BCUT2D eigenvalue weighted by atomic mass is 9.83. The fraction of sp³-hybridized carbons (Fsp3) is 0.800. The third-order valence-electron chi connectivity index (χ3n) is 3.70. The summed E-state index contributed by atoms with van der Waals surface area (Å²) >= 11 is 0. The van der Waals surface area contributed by atoms with Crippen molar-refractivity contribution < 1.29 is 9.53 Å². The summed E-state index contributed by atoms with van der Waals surface area (Å²) in [5.41, 5.74) is 0. The van der Waals surface area contributed by atoms with E-state index in [0.29, 0.717) is 12.6 Å².